The summed E-state index contributed by atoms with van der Waals surface area (Å²) in [5, 5.41) is 0. The lowest BCUT2D eigenvalue weighted by Gasteiger charge is -1.91. The number of pyridine rings is 1. The number of hydrogen-bond donors (Lipinski definition) is 0. The molecule has 2 nitrogen and oxygen atoms in total. The van der Waals surface area contributed by atoms with Crippen molar-refractivity contribution >= 4 is 11.9 Å². The van der Waals surface area contributed by atoms with Gasteiger partial charge in [0.2, 0.25) is 0 Å². The van der Waals surface area contributed by atoms with Gasteiger partial charge in [-0.25, -0.2) is 0 Å². The van der Waals surface area contributed by atoms with Gasteiger partial charge in [0.25, 0.3) is 0 Å². The topological polar surface area (TPSA) is 25.2 Å². The van der Waals surface area contributed by atoms with Crippen LogP contribution in [-0.2, 0) is 0 Å². The molecule has 0 aliphatic carbocycles. The van der Waals surface area contributed by atoms with Crippen LogP contribution in [0.15, 0.2) is 59.7 Å². The molecular formula is C12H10N2. The van der Waals surface area contributed by atoms with E-state index in [-0.39, 0.29) is 0 Å². The molecule has 0 saturated heterocycles. The Hall–Kier alpha value is -1.96. The van der Waals surface area contributed by atoms with Crippen LogP contribution >= 0.6 is 0 Å². The molecule has 1 heterocycles. The van der Waals surface area contributed by atoms with Crippen LogP contribution < -0.4 is 0 Å². The molecule has 0 amide bonds. The fourth-order valence-corrected chi connectivity index (χ4v) is 1.11. The third-order valence-corrected chi connectivity index (χ3v) is 1.79. The number of aliphatic imine (C=N–C) groups is 1. The van der Waals surface area contributed by atoms with Gasteiger partial charge in [0.1, 0.15) is 0 Å². The summed E-state index contributed by atoms with van der Waals surface area (Å²) >= 11 is 0. The van der Waals surface area contributed by atoms with E-state index in [1.54, 1.807) is 12.4 Å². The Morgan fingerprint density at radius 3 is 2.43 bits per heavy atom. The fourth-order valence-electron chi connectivity index (χ4n) is 1.11. The minimum Gasteiger partial charge on any atom is -0.255 e. The van der Waals surface area contributed by atoms with E-state index in [0.29, 0.717) is 0 Å². The van der Waals surface area contributed by atoms with Gasteiger partial charge in [-0.1, -0.05) is 24.3 Å². The largest absolute Gasteiger partial charge is 0.255 e. The lowest BCUT2D eigenvalue weighted by molar-refractivity contribution is 1.30. The van der Waals surface area contributed by atoms with Crippen LogP contribution in [-0.4, -0.2) is 11.2 Å². The van der Waals surface area contributed by atoms with Crippen molar-refractivity contribution in [1.82, 2.24) is 4.98 Å². The summed E-state index contributed by atoms with van der Waals surface area (Å²) in [5.41, 5.74) is 1.81. The second-order valence-electron chi connectivity index (χ2n) is 2.85. The van der Waals surface area contributed by atoms with Gasteiger partial charge < -0.3 is 0 Å². The first-order valence-electron chi connectivity index (χ1n) is 4.45. The van der Waals surface area contributed by atoms with Crippen molar-refractivity contribution in [1.29, 1.82) is 0 Å². The predicted molar refractivity (Wildman–Crippen MR) is 57.9 cm³/mol. The second-order valence-corrected chi connectivity index (χ2v) is 2.85. The highest BCUT2D eigenvalue weighted by Crippen LogP contribution is 2.08. The minimum absolute atomic E-state index is 0.872. The molecule has 2 rings (SSSR count). The average Bonchev–Trinajstić information content (AvgIpc) is 2.29. The van der Waals surface area contributed by atoms with E-state index in [4.69, 9.17) is 0 Å². The lowest BCUT2D eigenvalue weighted by Crippen LogP contribution is -1.83. The molecule has 0 atom stereocenters. The molecule has 0 aliphatic heterocycles. The first kappa shape index (κ1) is 8.63. The van der Waals surface area contributed by atoms with Crippen LogP contribution in [0.4, 0.5) is 5.69 Å². The molecule has 1 aromatic carbocycles. The maximum atomic E-state index is 4.29. The standard InChI is InChI=1S/C12H10N2/c1-2-6-11(7-3-1)14-10-12-8-4-5-9-13-12/h1-10H. The molecule has 0 bridgehead atoms. The van der Waals surface area contributed by atoms with Crippen LogP contribution in [0.2, 0.25) is 0 Å². The monoisotopic (exact) mass is 182 g/mol. The number of aromatic nitrogens is 1. The average molecular weight is 182 g/mol. The van der Waals surface area contributed by atoms with Crippen molar-refractivity contribution in [2.24, 2.45) is 4.99 Å². The maximum absolute atomic E-state index is 4.29. The van der Waals surface area contributed by atoms with E-state index in [1.165, 1.54) is 0 Å². The van der Waals surface area contributed by atoms with E-state index >= 15 is 0 Å². The number of nitrogens with zero attached hydrogens (tertiary/aromatic N) is 2. The van der Waals surface area contributed by atoms with Crippen LogP contribution in [0.5, 0.6) is 0 Å². The van der Waals surface area contributed by atoms with Gasteiger partial charge in [-0.05, 0) is 24.3 Å². The summed E-state index contributed by atoms with van der Waals surface area (Å²) in [6.45, 7) is 0. The Morgan fingerprint density at radius 2 is 1.71 bits per heavy atom. The number of rotatable bonds is 2. The zero-order chi connectivity index (χ0) is 9.64. The molecule has 68 valence electrons. The Morgan fingerprint density at radius 1 is 0.929 bits per heavy atom. The van der Waals surface area contributed by atoms with E-state index in [9.17, 15) is 0 Å². The number of hydrogen-bond acceptors (Lipinski definition) is 2. The maximum Gasteiger partial charge on any atom is 0.0812 e. The number of para-hydroxylation sites is 1. The van der Waals surface area contributed by atoms with Crippen molar-refractivity contribution in [3.05, 3.63) is 60.4 Å². The van der Waals surface area contributed by atoms with Crippen molar-refractivity contribution in [2.75, 3.05) is 0 Å². The van der Waals surface area contributed by atoms with Gasteiger partial charge in [-0.3, -0.25) is 9.98 Å². The van der Waals surface area contributed by atoms with Crippen LogP contribution in [0.1, 0.15) is 5.69 Å². The third-order valence-electron chi connectivity index (χ3n) is 1.79. The lowest BCUT2D eigenvalue weighted by atomic mass is 10.3. The molecule has 0 spiro atoms. The van der Waals surface area contributed by atoms with E-state index in [2.05, 4.69) is 9.98 Å². The SMILES string of the molecule is C(=Nc1ccccc1)c1ccccn1. The summed E-state index contributed by atoms with van der Waals surface area (Å²) in [6, 6.07) is 15.6. The molecule has 0 radical (unpaired) electrons. The predicted octanol–water partition coefficient (Wildman–Crippen LogP) is 2.83. The van der Waals surface area contributed by atoms with Crippen molar-refractivity contribution in [3.8, 4) is 0 Å². The van der Waals surface area contributed by atoms with E-state index in [1.807, 2.05) is 48.5 Å². The van der Waals surface area contributed by atoms with Gasteiger partial charge in [0, 0.05) is 6.20 Å². The van der Waals surface area contributed by atoms with Gasteiger partial charge in [0.05, 0.1) is 17.6 Å². The van der Waals surface area contributed by atoms with E-state index in [0.717, 1.165) is 11.4 Å². The van der Waals surface area contributed by atoms with Gasteiger partial charge >= 0.3 is 0 Å². The molecule has 0 unspecified atom stereocenters. The van der Waals surface area contributed by atoms with Crippen LogP contribution in [0.3, 0.4) is 0 Å². The zero-order valence-electron chi connectivity index (χ0n) is 7.67. The zero-order valence-corrected chi connectivity index (χ0v) is 7.67. The molecule has 0 N–H and O–H groups in total. The van der Waals surface area contributed by atoms with Crippen LogP contribution in [0.25, 0.3) is 0 Å². The summed E-state index contributed by atoms with van der Waals surface area (Å²) < 4.78 is 0. The molecule has 0 saturated carbocycles. The molecular weight excluding hydrogens is 172 g/mol. The van der Waals surface area contributed by atoms with E-state index < -0.39 is 0 Å². The normalized spacial score (nSPS) is 10.6. The highest BCUT2D eigenvalue weighted by Gasteiger charge is 1.86. The van der Waals surface area contributed by atoms with Gasteiger partial charge in [-0.2, -0.15) is 0 Å². The van der Waals surface area contributed by atoms with Gasteiger partial charge in [0.15, 0.2) is 0 Å². The fraction of sp³-hybridized carbons (Fsp3) is 0. The van der Waals surface area contributed by atoms with Crippen molar-refractivity contribution in [3.63, 3.8) is 0 Å². The molecule has 0 aliphatic rings. The highest BCUT2D eigenvalue weighted by molar-refractivity contribution is 5.79. The first-order chi connectivity index (χ1) is 6.95. The molecule has 0 fully saturated rings. The Bertz CT molecular complexity index is 365. The quantitative estimate of drug-likeness (QED) is 0.655. The number of benzene rings is 1. The summed E-state index contributed by atoms with van der Waals surface area (Å²) in [7, 11) is 0. The van der Waals surface area contributed by atoms with Gasteiger partial charge in [-0.15, -0.1) is 0 Å². The summed E-state index contributed by atoms with van der Waals surface area (Å²) in [4.78, 5) is 8.43. The first-order valence-corrected chi connectivity index (χ1v) is 4.45. The molecule has 1 aromatic heterocycles. The third kappa shape index (κ3) is 2.26. The van der Waals surface area contributed by atoms with Crippen molar-refractivity contribution < 1.29 is 0 Å². The highest BCUT2D eigenvalue weighted by atomic mass is 14.8. The second kappa shape index (κ2) is 4.33. The Balaban J connectivity index is 2.16. The Kier molecular flexibility index (Phi) is 2.67. The summed E-state index contributed by atoms with van der Waals surface area (Å²) in [5.74, 6) is 0. The summed E-state index contributed by atoms with van der Waals surface area (Å²) in [6.07, 6.45) is 3.52. The molecule has 2 aromatic rings. The van der Waals surface area contributed by atoms with Crippen LogP contribution in [0, 0.1) is 0 Å². The Labute approximate surface area is 83.0 Å². The van der Waals surface area contributed by atoms with Crippen molar-refractivity contribution in [2.45, 2.75) is 0 Å². The minimum atomic E-state index is 0.872. The molecule has 2 heteroatoms. The smallest absolute Gasteiger partial charge is 0.0812 e. The molecule has 14 heavy (non-hydrogen) atoms.